The molecule has 0 radical (unpaired) electrons. The number of hydrogen-bond acceptors (Lipinski definition) is 3. The molecule has 0 saturated heterocycles. The summed E-state index contributed by atoms with van der Waals surface area (Å²) in [5, 5.41) is 0. The van der Waals surface area contributed by atoms with E-state index in [4.69, 9.17) is 10.5 Å². The van der Waals surface area contributed by atoms with Gasteiger partial charge in [0.15, 0.2) is 0 Å². The van der Waals surface area contributed by atoms with Crippen molar-refractivity contribution in [2.45, 2.75) is 51.2 Å². The fourth-order valence-corrected chi connectivity index (χ4v) is 3.42. The minimum Gasteiger partial charge on any atom is -0.488 e. The molecule has 1 aromatic heterocycles. The van der Waals surface area contributed by atoms with Gasteiger partial charge in [0, 0.05) is 24.1 Å². The minimum atomic E-state index is 0.266. The molecule has 3 rings (SSSR count). The first-order chi connectivity index (χ1) is 8.22. The van der Waals surface area contributed by atoms with Gasteiger partial charge in [-0.05, 0) is 31.9 Å². The van der Waals surface area contributed by atoms with Crippen LogP contribution in [-0.2, 0) is 0 Å². The van der Waals surface area contributed by atoms with Crippen LogP contribution in [0.5, 0.6) is 5.75 Å². The van der Waals surface area contributed by atoms with E-state index in [0.717, 1.165) is 17.9 Å². The number of ether oxygens (including phenoxy) is 1. The average Bonchev–Trinajstić information content (AvgIpc) is 2.83. The number of nitrogens with zero attached hydrogens (tertiary/aromatic N) is 1. The zero-order chi connectivity index (χ0) is 11.9. The van der Waals surface area contributed by atoms with Gasteiger partial charge < -0.3 is 10.5 Å². The Bertz CT molecular complexity index is 412. The van der Waals surface area contributed by atoms with E-state index in [-0.39, 0.29) is 5.41 Å². The normalized spacial score (nSPS) is 30.2. The van der Waals surface area contributed by atoms with Gasteiger partial charge in [-0.1, -0.05) is 12.8 Å². The van der Waals surface area contributed by atoms with Gasteiger partial charge in [0.25, 0.3) is 0 Å². The molecule has 2 N–H and O–H groups in total. The first-order valence-electron chi connectivity index (χ1n) is 6.56. The highest BCUT2D eigenvalue weighted by atomic mass is 16.5. The zero-order valence-corrected chi connectivity index (χ0v) is 10.4. The van der Waals surface area contributed by atoms with Gasteiger partial charge in [-0.25, -0.2) is 0 Å². The molecule has 2 fully saturated rings. The third-order valence-electron chi connectivity index (χ3n) is 4.61. The van der Waals surface area contributed by atoms with Crippen LogP contribution >= 0.6 is 0 Å². The fourth-order valence-electron chi connectivity index (χ4n) is 3.42. The van der Waals surface area contributed by atoms with Crippen LogP contribution in [0.1, 0.15) is 37.8 Å². The van der Waals surface area contributed by atoms with E-state index in [1.165, 1.54) is 25.7 Å². The van der Waals surface area contributed by atoms with Crippen molar-refractivity contribution in [2.75, 3.05) is 0 Å². The van der Waals surface area contributed by atoms with Gasteiger partial charge in [-0.2, -0.15) is 0 Å². The Morgan fingerprint density at radius 3 is 2.82 bits per heavy atom. The van der Waals surface area contributed by atoms with Crippen molar-refractivity contribution < 1.29 is 4.74 Å². The van der Waals surface area contributed by atoms with Gasteiger partial charge in [0.1, 0.15) is 11.9 Å². The second-order valence-electron chi connectivity index (χ2n) is 5.48. The number of rotatable bonds is 2. The third-order valence-corrected chi connectivity index (χ3v) is 4.61. The maximum Gasteiger partial charge on any atom is 0.140 e. The summed E-state index contributed by atoms with van der Waals surface area (Å²) in [6.45, 7) is 2.00. The monoisotopic (exact) mass is 232 g/mol. The first-order valence-corrected chi connectivity index (χ1v) is 6.56. The van der Waals surface area contributed by atoms with E-state index >= 15 is 0 Å². The average molecular weight is 232 g/mol. The molecule has 0 aromatic carbocycles. The lowest BCUT2D eigenvalue weighted by atomic mass is 9.61. The van der Waals surface area contributed by atoms with Crippen molar-refractivity contribution in [3.05, 3.63) is 24.0 Å². The maximum absolute atomic E-state index is 6.21. The number of aryl methyl sites for hydroxylation is 1. The summed E-state index contributed by atoms with van der Waals surface area (Å²) >= 11 is 0. The SMILES string of the molecule is Cc1ncccc1OC1CC(N)C12CCCC2. The van der Waals surface area contributed by atoms with E-state index in [1.807, 2.05) is 19.1 Å². The summed E-state index contributed by atoms with van der Waals surface area (Å²) in [7, 11) is 0. The van der Waals surface area contributed by atoms with Crippen LogP contribution in [0.3, 0.4) is 0 Å². The highest BCUT2D eigenvalue weighted by molar-refractivity contribution is 5.27. The third kappa shape index (κ3) is 1.64. The van der Waals surface area contributed by atoms with Crippen LogP contribution in [0.25, 0.3) is 0 Å². The van der Waals surface area contributed by atoms with Gasteiger partial charge in [-0.3, -0.25) is 4.98 Å². The molecule has 0 aliphatic heterocycles. The lowest BCUT2D eigenvalue weighted by Gasteiger charge is -2.52. The standard InChI is InChI=1S/C14H20N2O/c1-10-11(5-4-8-16-10)17-13-9-12(15)14(13)6-2-3-7-14/h4-5,8,12-13H,2-3,6-7,9,15H2,1H3. The van der Waals surface area contributed by atoms with Crippen LogP contribution in [-0.4, -0.2) is 17.1 Å². The van der Waals surface area contributed by atoms with Crippen molar-refractivity contribution in [1.29, 1.82) is 0 Å². The molecule has 1 heterocycles. The second kappa shape index (κ2) is 3.98. The molecule has 2 saturated carbocycles. The molecule has 1 aromatic rings. The van der Waals surface area contributed by atoms with Gasteiger partial charge in [0.05, 0.1) is 5.69 Å². The van der Waals surface area contributed by atoms with E-state index in [1.54, 1.807) is 6.20 Å². The van der Waals surface area contributed by atoms with Gasteiger partial charge in [0.2, 0.25) is 0 Å². The summed E-state index contributed by atoms with van der Waals surface area (Å²) in [6.07, 6.45) is 8.19. The number of hydrogen-bond donors (Lipinski definition) is 1. The molecule has 0 bridgehead atoms. The summed E-state index contributed by atoms with van der Waals surface area (Å²) in [6, 6.07) is 4.28. The van der Waals surface area contributed by atoms with Crippen molar-refractivity contribution in [2.24, 2.45) is 11.1 Å². The van der Waals surface area contributed by atoms with E-state index in [2.05, 4.69) is 4.98 Å². The number of aromatic nitrogens is 1. The van der Waals surface area contributed by atoms with Crippen molar-refractivity contribution >= 4 is 0 Å². The highest BCUT2D eigenvalue weighted by Gasteiger charge is 2.56. The molecule has 3 nitrogen and oxygen atoms in total. The molecule has 0 amide bonds. The topological polar surface area (TPSA) is 48.1 Å². The zero-order valence-electron chi connectivity index (χ0n) is 10.4. The number of nitrogens with two attached hydrogens (primary N) is 1. The quantitative estimate of drug-likeness (QED) is 0.852. The molecular weight excluding hydrogens is 212 g/mol. The van der Waals surface area contributed by atoms with Crippen LogP contribution in [0, 0.1) is 12.3 Å². The molecular formula is C14H20N2O. The van der Waals surface area contributed by atoms with Crippen LogP contribution < -0.4 is 10.5 Å². The molecule has 3 heteroatoms. The molecule has 17 heavy (non-hydrogen) atoms. The smallest absolute Gasteiger partial charge is 0.140 e. The van der Waals surface area contributed by atoms with E-state index in [9.17, 15) is 0 Å². The molecule has 2 aliphatic carbocycles. The van der Waals surface area contributed by atoms with Crippen molar-refractivity contribution in [3.8, 4) is 5.75 Å². The molecule has 2 atom stereocenters. The summed E-state index contributed by atoms with van der Waals surface area (Å²) in [5.74, 6) is 0.927. The Balaban J connectivity index is 1.77. The lowest BCUT2D eigenvalue weighted by molar-refractivity contribution is -0.0625. The van der Waals surface area contributed by atoms with E-state index < -0.39 is 0 Å². The Kier molecular flexibility index (Phi) is 2.58. The van der Waals surface area contributed by atoms with Gasteiger partial charge >= 0.3 is 0 Å². The Labute approximate surface area is 102 Å². The summed E-state index contributed by atoms with van der Waals surface area (Å²) in [4.78, 5) is 4.27. The van der Waals surface area contributed by atoms with Crippen molar-refractivity contribution in [1.82, 2.24) is 4.98 Å². The summed E-state index contributed by atoms with van der Waals surface area (Å²) in [5.41, 5.74) is 7.44. The lowest BCUT2D eigenvalue weighted by Crippen LogP contribution is -2.62. The Hall–Kier alpha value is -1.09. The fraction of sp³-hybridized carbons (Fsp3) is 0.643. The molecule has 2 unspecified atom stereocenters. The minimum absolute atomic E-state index is 0.266. The Morgan fingerprint density at radius 2 is 2.18 bits per heavy atom. The Morgan fingerprint density at radius 1 is 1.41 bits per heavy atom. The van der Waals surface area contributed by atoms with Crippen LogP contribution in [0.4, 0.5) is 0 Å². The van der Waals surface area contributed by atoms with Gasteiger partial charge in [-0.15, -0.1) is 0 Å². The largest absolute Gasteiger partial charge is 0.488 e. The predicted molar refractivity (Wildman–Crippen MR) is 66.9 cm³/mol. The molecule has 1 spiro atoms. The number of pyridine rings is 1. The predicted octanol–water partition coefficient (Wildman–Crippen LogP) is 2.43. The van der Waals surface area contributed by atoms with E-state index in [0.29, 0.717) is 12.1 Å². The van der Waals surface area contributed by atoms with Crippen LogP contribution in [0.15, 0.2) is 18.3 Å². The summed E-state index contributed by atoms with van der Waals surface area (Å²) < 4.78 is 6.15. The first kappa shape index (κ1) is 11.0. The molecule has 2 aliphatic rings. The maximum atomic E-state index is 6.21. The molecule has 92 valence electrons. The van der Waals surface area contributed by atoms with Crippen LogP contribution in [0.2, 0.25) is 0 Å². The second-order valence-corrected chi connectivity index (χ2v) is 5.48. The van der Waals surface area contributed by atoms with Crippen molar-refractivity contribution in [3.63, 3.8) is 0 Å². The highest BCUT2D eigenvalue weighted by Crippen LogP contribution is 2.53.